The van der Waals surface area contributed by atoms with E-state index in [2.05, 4.69) is 15.1 Å². The van der Waals surface area contributed by atoms with Crippen LogP contribution < -0.4 is 5.32 Å². The van der Waals surface area contributed by atoms with Crippen molar-refractivity contribution < 1.29 is 19.7 Å². The molecule has 2 N–H and O–H groups in total. The largest absolute Gasteiger partial charge is 0.537 e. The first kappa shape index (κ1) is 9.48. The van der Waals surface area contributed by atoms with E-state index in [1.807, 2.05) is 0 Å². The lowest BCUT2D eigenvalue weighted by Crippen LogP contribution is -2.18. The fraction of sp³-hybridized carbons (Fsp3) is 0.750. The molecule has 5 nitrogen and oxygen atoms in total. The predicted octanol–water partition coefficient (Wildman–Crippen LogP) is 0.399. The van der Waals surface area contributed by atoms with Crippen molar-refractivity contribution >= 4 is 17.8 Å². The van der Waals surface area contributed by atoms with Gasteiger partial charge in [0.2, 0.25) is 0 Å². The summed E-state index contributed by atoms with van der Waals surface area (Å²) in [5.74, 6) is 0. The third-order valence-corrected chi connectivity index (χ3v) is 0.776. The van der Waals surface area contributed by atoms with Crippen LogP contribution >= 0.6 is 11.6 Å². The molecule has 0 aromatic carbocycles. The van der Waals surface area contributed by atoms with Crippen LogP contribution in [0.25, 0.3) is 0 Å². The molecule has 60 valence electrons. The topological polar surface area (TPSA) is 67.8 Å². The summed E-state index contributed by atoms with van der Waals surface area (Å²) in [5.41, 5.74) is 0. The van der Waals surface area contributed by atoms with Crippen LogP contribution in [-0.4, -0.2) is 30.4 Å². The molecule has 10 heavy (non-hydrogen) atoms. The zero-order valence-electron chi connectivity index (χ0n) is 5.17. The van der Waals surface area contributed by atoms with Crippen molar-refractivity contribution in [2.45, 2.75) is 0 Å². The summed E-state index contributed by atoms with van der Waals surface area (Å²) in [6.45, 7) is 0.607. The number of hydrogen-bond acceptors (Lipinski definition) is 4. The van der Waals surface area contributed by atoms with Gasteiger partial charge in [0.1, 0.15) is 6.61 Å². The highest BCUT2D eigenvalue weighted by atomic mass is 35.5. The Bertz CT molecular complexity index is 99.3. The number of rotatable bonds is 5. The van der Waals surface area contributed by atoms with Gasteiger partial charge in [-0.05, 0) is 0 Å². The minimum atomic E-state index is -1.45. The monoisotopic (exact) mass is 169 g/mol. The molecule has 0 saturated heterocycles. The van der Waals surface area contributed by atoms with Crippen molar-refractivity contribution in [3.05, 3.63) is 0 Å². The quantitative estimate of drug-likeness (QED) is 0.205. The Morgan fingerprint density at radius 3 is 2.90 bits per heavy atom. The molecule has 0 aromatic heterocycles. The van der Waals surface area contributed by atoms with Crippen molar-refractivity contribution in [3.63, 3.8) is 0 Å². The second-order valence-electron chi connectivity index (χ2n) is 1.30. The number of alkyl halides is 1. The van der Waals surface area contributed by atoms with E-state index in [0.29, 0.717) is 12.5 Å². The van der Waals surface area contributed by atoms with Gasteiger partial charge in [-0.25, -0.2) is 4.79 Å². The van der Waals surface area contributed by atoms with Gasteiger partial charge < -0.3 is 10.4 Å². The molecule has 0 unspecified atom stereocenters. The fourth-order valence-corrected chi connectivity index (χ4v) is 0.406. The standard InChI is InChI=1S/C4H8ClNO4/c5-3-6-1-2-9-10-4(7)8/h6H,1-3H2,(H,7,8). The highest BCUT2D eigenvalue weighted by Crippen LogP contribution is 1.78. The summed E-state index contributed by atoms with van der Waals surface area (Å²) in [4.78, 5) is 17.5. The Morgan fingerprint density at radius 2 is 2.40 bits per heavy atom. The number of hydrogen-bond donors (Lipinski definition) is 2. The number of nitrogens with one attached hydrogen (secondary N) is 1. The van der Waals surface area contributed by atoms with Crippen molar-refractivity contribution in [1.29, 1.82) is 0 Å². The highest BCUT2D eigenvalue weighted by Gasteiger charge is 1.94. The summed E-state index contributed by atoms with van der Waals surface area (Å²) in [6.07, 6.45) is -1.45. The summed E-state index contributed by atoms with van der Waals surface area (Å²) >= 11 is 5.22. The van der Waals surface area contributed by atoms with Gasteiger partial charge in [0.05, 0.1) is 6.00 Å². The molecular weight excluding hydrogens is 162 g/mol. The second-order valence-corrected chi connectivity index (χ2v) is 1.57. The highest BCUT2D eigenvalue weighted by molar-refractivity contribution is 6.17. The van der Waals surface area contributed by atoms with Crippen LogP contribution in [0, 0.1) is 0 Å². The van der Waals surface area contributed by atoms with E-state index in [4.69, 9.17) is 16.7 Å². The molecule has 0 spiro atoms. The van der Waals surface area contributed by atoms with Gasteiger partial charge in [-0.2, -0.15) is 4.89 Å². The van der Waals surface area contributed by atoms with E-state index < -0.39 is 6.16 Å². The van der Waals surface area contributed by atoms with E-state index in [-0.39, 0.29) is 6.61 Å². The van der Waals surface area contributed by atoms with Gasteiger partial charge in [0.25, 0.3) is 0 Å². The van der Waals surface area contributed by atoms with Gasteiger partial charge >= 0.3 is 6.16 Å². The molecule has 0 aromatic rings. The molecule has 0 fully saturated rings. The lowest BCUT2D eigenvalue weighted by Gasteiger charge is -1.98. The molecule has 0 saturated carbocycles. The minimum Gasteiger partial charge on any atom is -0.448 e. The third-order valence-electron chi connectivity index (χ3n) is 0.587. The molecule has 0 bridgehead atoms. The fourth-order valence-electron chi connectivity index (χ4n) is 0.273. The molecule has 0 aliphatic carbocycles. The lowest BCUT2D eigenvalue weighted by molar-refractivity contribution is -0.249. The van der Waals surface area contributed by atoms with Crippen LogP contribution in [-0.2, 0) is 9.78 Å². The van der Waals surface area contributed by atoms with Crippen molar-refractivity contribution in [2.24, 2.45) is 0 Å². The maximum Gasteiger partial charge on any atom is 0.537 e. The van der Waals surface area contributed by atoms with Crippen LogP contribution in [0.4, 0.5) is 4.79 Å². The van der Waals surface area contributed by atoms with Gasteiger partial charge in [-0.3, -0.25) is 4.89 Å². The molecule has 0 rings (SSSR count). The van der Waals surface area contributed by atoms with Crippen molar-refractivity contribution in [3.8, 4) is 0 Å². The van der Waals surface area contributed by atoms with E-state index in [1.165, 1.54) is 0 Å². The van der Waals surface area contributed by atoms with Crippen LogP contribution in [0.1, 0.15) is 0 Å². The Hall–Kier alpha value is -0.520. The second kappa shape index (κ2) is 6.60. The van der Waals surface area contributed by atoms with Crippen LogP contribution in [0.3, 0.4) is 0 Å². The van der Waals surface area contributed by atoms with Gasteiger partial charge in [-0.15, -0.1) is 11.6 Å². The van der Waals surface area contributed by atoms with Gasteiger partial charge in [0.15, 0.2) is 0 Å². The zero-order chi connectivity index (χ0) is 7.82. The number of carboxylic acid groups (broad SMARTS) is 1. The first-order chi connectivity index (χ1) is 4.77. The number of carbonyl (C=O) groups is 1. The average molecular weight is 170 g/mol. The third kappa shape index (κ3) is 7.48. The Morgan fingerprint density at radius 1 is 1.70 bits per heavy atom. The van der Waals surface area contributed by atoms with Gasteiger partial charge in [0, 0.05) is 6.54 Å². The minimum absolute atomic E-state index is 0.152. The SMILES string of the molecule is O=C(O)OOCCNCCl. The molecule has 6 heteroatoms. The maximum absolute atomic E-state index is 9.64. The van der Waals surface area contributed by atoms with Crippen LogP contribution in [0.5, 0.6) is 0 Å². The lowest BCUT2D eigenvalue weighted by atomic mass is 10.7. The van der Waals surface area contributed by atoms with Crippen molar-refractivity contribution in [2.75, 3.05) is 19.2 Å². The van der Waals surface area contributed by atoms with Crippen LogP contribution in [0.2, 0.25) is 0 Å². The van der Waals surface area contributed by atoms with Gasteiger partial charge in [-0.1, -0.05) is 0 Å². The summed E-state index contributed by atoms with van der Waals surface area (Å²) < 4.78 is 0. The zero-order valence-corrected chi connectivity index (χ0v) is 5.93. The molecule has 0 amide bonds. The molecular formula is C4H8ClNO4. The van der Waals surface area contributed by atoms with Crippen LogP contribution in [0.15, 0.2) is 0 Å². The molecule has 0 aliphatic heterocycles. The Kier molecular flexibility index (Phi) is 6.25. The first-order valence-electron chi connectivity index (χ1n) is 2.56. The number of halogens is 1. The van der Waals surface area contributed by atoms with Crippen molar-refractivity contribution in [1.82, 2.24) is 5.32 Å². The smallest absolute Gasteiger partial charge is 0.448 e. The van der Waals surface area contributed by atoms with E-state index in [0.717, 1.165) is 0 Å². The Balaban J connectivity index is 2.84. The summed E-state index contributed by atoms with van der Waals surface area (Å²) in [7, 11) is 0. The summed E-state index contributed by atoms with van der Waals surface area (Å²) in [6, 6.07) is 0.302. The molecule has 0 radical (unpaired) electrons. The molecule has 0 heterocycles. The molecule has 0 atom stereocenters. The molecule has 0 aliphatic rings. The maximum atomic E-state index is 9.64. The average Bonchev–Trinajstić information content (AvgIpc) is 1.87. The normalized spacial score (nSPS) is 9.30. The van der Waals surface area contributed by atoms with E-state index in [9.17, 15) is 4.79 Å². The van der Waals surface area contributed by atoms with E-state index in [1.54, 1.807) is 0 Å². The first-order valence-corrected chi connectivity index (χ1v) is 3.10. The Labute approximate surface area is 62.8 Å². The van der Waals surface area contributed by atoms with E-state index >= 15 is 0 Å². The summed E-state index contributed by atoms with van der Waals surface area (Å²) in [5, 5.41) is 10.6. The predicted molar refractivity (Wildman–Crippen MR) is 33.8 cm³/mol.